The minimum absolute atomic E-state index is 0.00144. The summed E-state index contributed by atoms with van der Waals surface area (Å²) < 4.78 is 0. The van der Waals surface area contributed by atoms with Crippen LogP contribution >= 0.6 is 0 Å². The van der Waals surface area contributed by atoms with E-state index in [2.05, 4.69) is 0 Å². The van der Waals surface area contributed by atoms with E-state index in [-0.39, 0.29) is 11.9 Å². The summed E-state index contributed by atoms with van der Waals surface area (Å²) in [6.07, 6.45) is 0.709. The predicted octanol–water partition coefficient (Wildman–Crippen LogP) is 0.0655. The summed E-state index contributed by atoms with van der Waals surface area (Å²) >= 11 is 0. The van der Waals surface area contributed by atoms with Gasteiger partial charge in [0, 0.05) is 40.2 Å². The van der Waals surface area contributed by atoms with Crippen LogP contribution in [0.4, 0.5) is 4.79 Å². The van der Waals surface area contributed by atoms with Crippen molar-refractivity contribution >= 4 is 17.9 Å². The van der Waals surface area contributed by atoms with Crippen LogP contribution in [-0.2, 0) is 9.59 Å². The molecule has 0 aromatic heterocycles. The molecule has 7 nitrogen and oxygen atoms in total. The lowest BCUT2D eigenvalue weighted by atomic mass is 10.3. The van der Waals surface area contributed by atoms with Crippen molar-refractivity contribution in [3.05, 3.63) is 0 Å². The molecule has 19 heavy (non-hydrogen) atoms. The fraction of sp³-hybridized carbons (Fsp3) is 0.750. The first kappa shape index (κ1) is 15.3. The summed E-state index contributed by atoms with van der Waals surface area (Å²) in [4.78, 5) is 38.8. The van der Waals surface area contributed by atoms with Crippen molar-refractivity contribution < 1.29 is 19.5 Å². The molecule has 0 aromatic carbocycles. The second-order valence-corrected chi connectivity index (χ2v) is 4.75. The molecule has 0 aliphatic carbocycles. The molecule has 108 valence electrons. The maximum Gasteiger partial charge on any atom is 0.326 e. The van der Waals surface area contributed by atoms with E-state index in [9.17, 15) is 14.4 Å². The number of amides is 3. The Morgan fingerprint density at radius 1 is 1.11 bits per heavy atom. The Morgan fingerprint density at radius 3 is 2.16 bits per heavy atom. The van der Waals surface area contributed by atoms with Crippen LogP contribution in [0.5, 0.6) is 0 Å². The van der Waals surface area contributed by atoms with E-state index in [0.717, 1.165) is 0 Å². The fourth-order valence-corrected chi connectivity index (χ4v) is 1.98. The third-order valence-corrected chi connectivity index (χ3v) is 3.45. The first-order valence-corrected chi connectivity index (χ1v) is 6.34. The van der Waals surface area contributed by atoms with Gasteiger partial charge in [-0.25, -0.2) is 9.59 Å². The highest BCUT2D eigenvalue weighted by atomic mass is 16.4. The molecule has 0 radical (unpaired) electrons. The zero-order valence-electron chi connectivity index (χ0n) is 11.6. The molecule has 1 heterocycles. The van der Waals surface area contributed by atoms with E-state index in [1.54, 1.807) is 9.80 Å². The maximum atomic E-state index is 12.2. The Hall–Kier alpha value is -1.79. The zero-order chi connectivity index (χ0) is 14.6. The number of nitrogens with zero attached hydrogens (tertiary/aromatic N) is 3. The van der Waals surface area contributed by atoms with Gasteiger partial charge in [0.2, 0.25) is 5.91 Å². The molecule has 7 heteroatoms. The van der Waals surface area contributed by atoms with Crippen molar-refractivity contribution in [2.45, 2.75) is 26.3 Å². The number of carbonyl (C=O) groups excluding carboxylic acids is 2. The van der Waals surface area contributed by atoms with Gasteiger partial charge in [0.15, 0.2) is 0 Å². The van der Waals surface area contributed by atoms with Crippen LogP contribution in [0.3, 0.4) is 0 Å². The normalized spacial score (nSPS) is 17.6. The number of hydrogen-bond acceptors (Lipinski definition) is 3. The van der Waals surface area contributed by atoms with E-state index in [1.165, 1.54) is 25.8 Å². The van der Waals surface area contributed by atoms with Gasteiger partial charge in [-0.15, -0.1) is 0 Å². The van der Waals surface area contributed by atoms with Crippen LogP contribution in [-0.4, -0.2) is 77.0 Å². The minimum atomic E-state index is -1.03. The standard InChI is InChI=1S/C12H21N3O4/c1-9(11(17)18)13(3)12(19)15-6-4-5-14(7-8-15)10(2)16/h9H,4-8H2,1-3H3,(H,17,18). The number of carboxylic acid groups (broad SMARTS) is 1. The smallest absolute Gasteiger partial charge is 0.326 e. The van der Waals surface area contributed by atoms with Gasteiger partial charge >= 0.3 is 12.0 Å². The maximum absolute atomic E-state index is 12.2. The molecular weight excluding hydrogens is 250 g/mol. The monoisotopic (exact) mass is 271 g/mol. The van der Waals surface area contributed by atoms with Gasteiger partial charge in [0.1, 0.15) is 6.04 Å². The number of hydrogen-bond donors (Lipinski definition) is 1. The number of rotatable bonds is 2. The van der Waals surface area contributed by atoms with Crippen LogP contribution in [0.1, 0.15) is 20.3 Å². The van der Waals surface area contributed by atoms with Gasteiger partial charge in [0.25, 0.3) is 0 Å². The Kier molecular flexibility index (Phi) is 5.14. The quantitative estimate of drug-likeness (QED) is 0.770. The summed E-state index contributed by atoms with van der Waals surface area (Å²) in [7, 11) is 1.48. The van der Waals surface area contributed by atoms with Crippen molar-refractivity contribution in [1.29, 1.82) is 0 Å². The number of urea groups is 1. The van der Waals surface area contributed by atoms with Crippen LogP contribution in [0.2, 0.25) is 0 Å². The molecule has 0 saturated carbocycles. The summed E-state index contributed by atoms with van der Waals surface area (Å²) in [6.45, 7) is 5.10. The predicted molar refractivity (Wildman–Crippen MR) is 68.7 cm³/mol. The summed E-state index contributed by atoms with van der Waals surface area (Å²) in [6, 6.07) is -1.17. The van der Waals surface area contributed by atoms with E-state index < -0.39 is 12.0 Å². The Morgan fingerprint density at radius 2 is 1.63 bits per heavy atom. The van der Waals surface area contributed by atoms with Crippen molar-refractivity contribution in [3.63, 3.8) is 0 Å². The molecule has 1 saturated heterocycles. The molecule has 1 atom stereocenters. The lowest BCUT2D eigenvalue weighted by Gasteiger charge is -2.29. The average molecular weight is 271 g/mol. The highest BCUT2D eigenvalue weighted by Gasteiger charge is 2.27. The first-order chi connectivity index (χ1) is 8.84. The average Bonchev–Trinajstić information content (AvgIpc) is 2.61. The minimum Gasteiger partial charge on any atom is -0.480 e. The van der Waals surface area contributed by atoms with Gasteiger partial charge in [0.05, 0.1) is 0 Å². The first-order valence-electron chi connectivity index (χ1n) is 6.34. The van der Waals surface area contributed by atoms with E-state index in [1.807, 2.05) is 0 Å². The van der Waals surface area contributed by atoms with Gasteiger partial charge in [-0.3, -0.25) is 4.79 Å². The number of aliphatic carboxylic acids is 1. The van der Waals surface area contributed by atoms with Gasteiger partial charge in [-0.2, -0.15) is 0 Å². The topological polar surface area (TPSA) is 81.2 Å². The van der Waals surface area contributed by atoms with E-state index in [4.69, 9.17) is 5.11 Å². The fourth-order valence-electron chi connectivity index (χ4n) is 1.98. The number of carboxylic acids is 1. The SMILES string of the molecule is CC(=O)N1CCCN(C(=O)N(C)C(C)C(=O)O)CC1. The van der Waals surface area contributed by atoms with Crippen molar-refractivity contribution in [2.24, 2.45) is 0 Å². The molecule has 1 N–H and O–H groups in total. The molecule has 1 rings (SSSR count). The van der Waals surface area contributed by atoms with Crippen LogP contribution in [0, 0.1) is 0 Å². The van der Waals surface area contributed by atoms with E-state index >= 15 is 0 Å². The third kappa shape index (κ3) is 3.84. The Bertz CT molecular complexity index is 372. The Labute approximate surface area is 112 Å². The van der Waals surface area contributed by atoms with Gasteiger partial charge < -0.3 is 19.8 Å². The zero-order valence-corrected chi connectivity index (χ0v) is 11.6. The van der Waals surface area contributed by atoms with Crippen molar-refractivity contribution in [1.82, 2.24) is 14.7 Å². The van der Waals surface area contributed by atoms with Crippen LogP contribution in [0.15, 0.2) is 0 Å². The second-order valence-electron chi connectivity index (χ2n) is 4.75. The second kappa shape index (κ2) is 6.40. The molecule has 3 amide bonds. The number of carbonyl (C=O) groups is 3. The number of likely N-dealkylation sites (N-methyl/N-ethyl adjacent to an activating group) is 1. The van der Waals surface area contributed by atoms with Crippen LogP contribution < -0.4 is 0 Å². The molecule has 1 aliphatic heterocycles. The summed E-state index contributed by atoms with van der Waals surface area (Å²) in [5.74, 6) is -1.03. The van der Waals surface area contributed by atoms with E-state index in [0.29, 0.717) is 32.6 Å². The lowest BCUT2D eigenvalue weighted by Crippen LogP contribution is -2.48. The molecule has 0 spiro atoms. The molecule has 0 bridgehead atoms. The molecule has 1 aliphatic rings. The van der Waals surface area contributed by atoms with Crippen LogP contribution in [0.25, 0.3) is 0 Å². The van der Waals surface area contributed by atoms with Crippen molar-refractivity contribution in [3.8, 4) is 0 Å². The molecule has 1 unspecified atom stereocenters. The summed E-state index contributed by atoms with van der Waals surface area (Å²) in [5, 5.41) is 8.90. The molecular formula is C12H21N3O4. The van der Waals surface area contributed by atoms with Crippen molar-refractivity contribution in [2.75, 3.05) is 33.2 Å². The van der Waals surface area contributed by atoms with Gasteiger partial charge in [-0.1, -0.05) is 0 Å². The lowest BCUT2D eigenvalue weighted by molar-refractivity contribution is -0.141. The highest BCUT2D eigenvalue weighted by Crippen LogP contribution is 2.08. The molecule has 1 fully saturated rings. The van der Waals surface area contributed by atoms with Gasteiger partial charge in [-0.05, 0) is 13.3 Å². The third-order valence-electron chi connectivity index (χ3n) is 3.45. The Balaban J connectivity index is 2.63. The molecule has 0 aromatic rings. The highest BCUT2D eigenvalue weighted by molar-refractivity contribution is 5.82. The summed E-state index contributed by atoms with van der Waals surface area (Å²) in [5.41, 5.74) is 0. The largest absolute Gasteiger partial charge is 0.480 e.